The van der Waals surface area contributed by atoms with E-state index in [4.69, 9.17) is 5.11 Å². The number of carbonyl (C=O) groups excluding carboxylic acids is 1. The topological polar surface area (TPSA) is 78.4 Å². The van der Waals surface area contributed by atoms with Crippen molar-refractivity contribution in [1.82, 2.24) is 5.32 Å². The number of carboxylic acids is 1. The third kappa shape index (κ3) is 1.29. The third-order valence-electron chi connectivity index (χ3n) is 3.63. The Bertz CT molecular complexity index is 514. The van der Waals surface area contributed by atoms with Crippen LogP contribution in [0, 0.1) is 0 Å². The van der Waals surface area contributed by atoms with Crippen LogP contribution in [0.15, 0.2) is 24.3 Å². The predicted molar refractivity (Wildman–Crippen MR) is 60.8 cm³/mol. The number of carboxylic acid groups (broad SMARTS) is 1. The van der Waals surface area contributed by atoms with Gasteiger partial charge in [-0.1, -0.05) is 18.2 Å². The molecule has 2 atom stereocenters. The van der Waals surface area contributed by atoms with Gasteiger partial charge < -0.3 is 15.7 Å². The molecule has 3 N–H and O–H groups in total. The maximum absolute atomic E-state index is 12.1. The van der Waals surface area contributed by atoms with Crippen LogP contribution in [0.2, 0.25) is 0 Å². The van der Waals surface area contributed by atoms with Gasteiger partial charge in [0.1, 0.15) is 6.04 Å². The molecule has 1 unspecified atom stereocenters. The highest BCUT2D eigenvalue weighted by Crippen LogP contribution is 2.43. The summed E-state index contributed by atoms with van der Waals surface area (Å²) in [6, 6.07) is 6.81. The molecule has 17 heavy (non-hydrogen) atoms. The van der Waals surface area contributed by atoms with Crippen molar-refractivity contribution in [2.24, 2.45) is 0 Å². The molecule has 2 heterocycles. The van der Waals surface area contributed by atoms with Crippen LogP contribution >= 0.6 is 0 Å². The van der Waals surface area contributed by atoms with E-state index in [-0.39, 0.29) is 5.91 Å². The average molecular weight is 232 g/mol. The van der Waals surface area contributed by atoms with Crippen molar-refractivity contribution in [2.45, 2.75) is 17.9 Å². The van der Waals surface area contributed by atoms with Gasteiger partial charge in [0, 0.05) is 12.2 Å². The Labute approximate surface area is 97.8 Å². The first-order valence-electron chi connectivity index (χ1n) is 5.51. The number of rotatable bonds is 1. The predicted octanol–water partition coefficient (Wildman–Crippen LogP) is 0.323. The number of anilines is 1. The molecule has 1 amide bonds. The second kappa shape index (κ2) is 3.30. The van der Waals surface area contributed by atoms with E-state index in [9.17, 15) is 9.59 Å². The number of fused-ring (bicyclic) bond motifs is 2. The fraction of sp³-hybridized carbons (Fsp3) is 0.333. The highest BCUT2D eigenvalue weighted by molar-refractivity contribution is 6.07. The lowest BCUT2D eigenvalue weighted by Crippen LogP contribution is -2.36. The summed E-state index contributed by atoms with van der Waals surface area (Å²) in [6.45, 7) is 0.382. The highest BCUT2D eigenvalue weighted by Gasteiger charge is 2.52. The van der Waals surface area contributed by atoms with E-state index in [0.717, 1.165) is 11.3 Å². The minimum Gasteiger partial charge on any atom is -0.480 e. The summed E-state index contributed by atoms with van der Waals surface area (Å²) in [5.74, 6) is -1.01. The van der Waals surface area contributed by atoms with Crippen molar-refractivity contribution < 1.29 is 14.7 Å². The van der Waals surface area contributed by atoms with Gasteiger partial charge in [-0.05, 0) is 18.1 Å². The Morgan fingerprint density at radius 3 is 2.88 bits per heavy atom. The zero-order valence-electron chi connectivity index (χ0n) is 9.06. The molecule has 1 fully saturated rings. The summed E-state index contributed by atoms with van der Waals surface area (Å²) in [5.41, 5.74) is 0.992. The molecule has 0 saturated carbocycles. The van der Waals surface area contributed by atoms with E-state index < -0.39 is 17.4 Å². The quantitative estimate of drug-likeness (QED) is 0.651. The summed E-state index contributed by atoms with van der Waals surface area (Å²) < 4.78 is 0. The van der Waals surface area contributed by atoms with E-state index in [1.165, 1.54) is 0 Å². The molecule has 0 bridgehead atoms. The van der Waals surface area contributed by atoms with Crippen LogP contribution in [-0.4, -0.2) is 29.6 Å². The summed E-state index contributed by atoms with van der Waals surface area (Å²) in [4.78, 5) is 23.0. The Morgan fingerprint density at radius 2 is 2.18 bits per heavy atom. The van der Waals surface area contributed by atoms with E-state index in [2.05, 4.69) is 10.6 Å². The molecule has 88 valence electrons. The molecule has 1 aromatic carbocycles. The summed E-state index contributed by atoms with van der Waals surface area (Å²) >= 11 is 0. The summed E-state index contributed by atoms with van der Waals surface area (Å²) in [6.07, 6.45) is 0.311. The first-order valence-corrected chi connectivity index (χ1v) is 5.51. The van der Waals surface area contributed by atoms with Crippen LogP contribution in [0.1, 0.15) is 12.0 Å². The standard InChI is InChI=1S/C12H12N2O3/c15-10(16)9-5-12(6-13-9)7-3-1-2-4-8(7)14-11(12)17/h1-4,9,13H,5-6H2,(H,14,17)(H,15,16)/t9-,12?/m0/s1. The number of hydrogen-bond acceptors (Lipinski definition) is 3. The monoisotopic (exact) mass is 232 g/mol. The summed E-state index contributed by atoms with van der Waals surface area (Å²) in [7, 11) is 0. The maximum atomic E-state index is 12.1. The van der Waals surface area contributed by atoms with E-state index >= 15 is 0 Å². The Balaban J connectivity index is 2.04. The molecule has 5 nitrogen and oxygen atoms in total. The third-order valence-corrected chi connectivity index (χ3v) is 3.63. The summed E-state index contributed by atoms with van der Waals surface area (Å²) in [5, 5.41) is 14.7. The number of amides is 1. The number of aliphatic carboxylic acids is 1. The normalized spacial score (nSPS) is 30.4. The Hall–Kier alpha value is -1.88. The van der Waals surface area contributed by atoms with Gasteiger partial charge in [0.25, 0.3) is 0 Å². The fourth-order valence-electron chi connectivity index (χ4n) is 2.72. The molecule has 1 saturated heterocycles. The van der Waals surface area contributed by atoms with Gasteiger partial charge in [0.2, 0.25) is 5.91 Å². The van der Waals surface area contributed by atoms with Crippen molar-refractivity contribution >= 4 is 17.6 Å². The Morgan fingerprint density at radius 1 is 1.41 bits per heavy atom. The molecule has 3 rings (SSSR count). The number of hydrogen-bond donors (Lipinski definition) is 3. The lowest BCUT2D eigenvalue weighted by molar-refractivity contribution is -0.139. The number of para-hydroxylation sites is 1. The lowest BCUT2D eigenvalue weighted by atomic mass is 9.79. The van der Waals surface area contributed by atoms with Crippen LogP contribution in [-0.2, 0) is 15.0 Å². The van der Waals surface area contributed by atoms with E-state index in [0.29, 0.717) is 13.0 Å². The number of carbonyl (C=O) groups is 2. The maximum Gasteiger partial charge on any atom is 0.320 e. The van der Waals surface area contributed by atoms with Crippen molar-refractivity contribution in [3.63, 3.8) is 0 Å². The first kappa shape index (κ1) is 10.3. The van der Waals surface area contributed by atoms with Crippen LogP contribution < -0.4 is 10.6 Å². The van der Waals surface area contributed by atoms with Crippen molar-refractivity contribution in [3.8, 4) is 0 Å². The molecular weight excluding hydrogens is 220 g/mol. The largest absolute Gasteiger partial charge is 0.480 e. The van der Waals surface area contributed by atoms with E-state index in [1.54, 1.807) is 0 Å². The molecule has 2 aliphatic rings. The molecule has 0 aromatic heterocycles. The minimum absolute atomic E-state index is 0.102. The average Bonchev–Trinajstić information content (AvgIpc) is 2.85. The van der Waals surface area contributed by atoms with Gasteiger partial charge in [-0.3, -0.25) is 9.59 Å². The lowest BCUT2D eigenvalue weighted by Gasteiger charge is -2.19. The molecule has 0 radical (unpaired) electrons. The second-order valence-corrected chi connectivity index (χ2v) is 4.56. The fourth-order valence-corrected chi connectivity index (χ4v) is 2.72. The van der Waals surface area contributed by atoms with Crippen LogP contribution in [0.3, 0.4) is 0 Å². The van der Waals surface area contributed by atoms with Crippen LogP contribution in [0.5, 0.6) is 0 Å². The van der Waals surface area contributed by atoms with Gasteiger partial charge in [-0.25, -0.2) is 0 Å². The van der Waals surface area contributed by atoms with Crippen molar-refractivity contribution in [2.75, 3.05) is 11.9 Å². The van der Waals surface area contributed by atoms with Crippen molar-refractivity contribution in [1.29, 1.82) is 0 Å². The molecule has 2 aliphatic heterocycles. The van der Waals surface area contributed by atoms with E-state index in [1.807, 2.05) is 24.3 Å². The SMILES string of the molecule is O=C(O)[C@@H]1CC2(CN1)C(=O)Nc1ccccc12. The molecule has 0 aliphatic carbocycles. The number of benzene rings is 1. The van der Waals surface area contributed by atoms with Crippen LogP contribution in [0.25, 0.3) is 0 Å². The zero-order chi connectivity index (χ0) is 12.0. The first-order chi connectivity index (χ1) is 8.13. The van der Waals surface area contributed by atoms with Gasteiger partial charge in [-0.15, -0.1) is 0 Å². The molecular formula is C12H12N2O3. The smallest absolute Gasteiger partial charge is 0.320 e. The van der Waals surface area contributed by atoms with Crippen molar-refractivity contribution in [3.05, 3.63) is 29.8 Å². The van der Waals surface area contributed by atoms with Gasteiger partial charge in [-0.2, -0.15) is 0 Å². The minimum atomic E-state index is -0.904. The molecule has 1 spiro atoms. The van der Waals surface area contributed by atoms with Gasteiger partial charge in [0.05, 0.1) is 5.41 Å². The van der Waals surface area contributed by atoms with Gasteiger partial charge >= 0.3 is 5.97 Å². The number of nitrogens with one attached hydrogen (secondary N) is 2. The molecule has 1 aromatic rings. The Kier molecular flexibility index (Phi) is 2.00. The second-order valence-electron chi connectivity index (χ2n) is 4.56. The zero-order valence-corrected chi connectivity index (χ0v) is 9.06. The highest BCUT2D eigenvalue weighted by atomic mass is 16.4. The van der Waals surface area contributed by atoms with Crippen LogP contribution in [0.4, 0.5) is 5.69 Å². The van der Waals surface area contributed by atoms with Gasteiger partial charge in [0.15, 0.2) is 0 Å². The molecule has 5 heteroatoms.